The molecule has 0 spiro atoms. The number of sulfonamides is 1. The second kappa shape index (κ2) is 7.67. The Labute approximate surface area is 175 Å². The van der Waals surface area contributed by atoms with Crippen LogP contribution in [-0.4, -0.2) is 25.8 Å². The smallest absolute Gasteiger partial charge is 0.264 e. The van der Waals surface area contributed by atoms with E-state index in [9.17, 15) is 16.8 Å². The number of aromatic nitrogens is 2. The quantitative estimate of drug-likeness (QED) is 0.496. The SMILES string of the molecule is Cc1c(S(=O)(=O)NCc2cccnc2)n(S(=O)(=O)c2ccccc2)c2ccccc12. The molecule has 4 rings (SSSR count). The van der Waals surface area contributed by atoms with Crippen molar-refractivity contribution in [3.63, 3.8) is 0 Å². The average molecular weight is 442 g/mol. The molecule has 0 amide bonds. The van der Waals surface area contributed by atoms with Crippen LogP contribution < -0.4 is 4.72 Å². The molecule has 0 aliphatic rings. The lowest BCUT2D eigenvalue weighted by molar-refractivity contribution is 0.564. The lowest BCUT2D eigenvalue weighted by Gasteiger charge is -2.14. The summed E-state index contributed by atoms with van der Waals surface area (Å²) in [6.45, 7) is 1.60. The first-order chi connectivity index (χ1) is 14.3. The Bertz CT molecular complexity index is 1410. The highest BCUT2D eigenvalue weighted by Crippen LogP contribution is 2.32. The van der Waals surface area contributed by atoms with Crippen LogP contribution in [0.1, 0.15) is 11.1 Å². The first-order valence-corrected chi connectivity index (χ1v) is 12.0. The lowest BCUT2D eigenvalue weighted by Crippen LogP contribution is -2.28. The molecular weight excluding hydrogens is 422 g/mol. The summed E-state index contributed by atoms with van der Waals surface area (Å²) in [4.78, 5) is 3.98. The Kier molecular flexibility index (Phi) is 5.19. The number of hydrogen-bond acceptors (Lipinski definition) is 5. The van der Waals surface area contributed by atoms with Crippen LogP contribution in [0.2, 0.25) is 0 Å². The number of hydrogen-bond donors (Lipinski definition) is 1. The Hall–Kier alpha value is -3.01. The van der Waals surface area contributed by atoms with Gasteiger partial charge in [0, 0.05) is 24.3 Å². The molecule has 0 radical (unpaired) electrons. The lowest BCUT2D eigenvalue weighted by atomic mass is 10.2. The minimum absolute atomic E-state index is 0.00876. The zero-order valence-corrected chi connectivity index (χ0v) is 17.7. The van der Waals surface area contributed by atoms with Crippen molar-refractivity contribution in [2.75, 3.05) is 0 Å². The summed E-state index contributed by atoms with van der Waals surface area (Å²) in [7, 11) is -8.32. The normalized spacial score (nSPS) is 12.3. The first-order valence-electron chi connectivity index (χ1n) is 9.11. The van der Waals surface area contributed by atoms with Gasteiger partial charge in [-0.25, -0.2) is 25.5 Å². The van der Waals surface area contributed by atoms with Gasteiger partial charge in [0.1, 0.15) is 0 Å². The van der Waals surface area contributed by atoms with E-state index in [-0.39, 0.29) is 16.5 Å². The molecule has 4 aromatic rings. The van der Waals surface area contributed by atoms with E-state index in [2.05, 4.69) is 9.71 Å². The monoisotopic (exact) mass is 441 g/mol. The average Bonchev–Trinajstić information content (AvgIpc) is 3.08. The van der Waals surface area contributed by atoms with E-state index >= 15 is 0 Å². The standard InChI is InChI=1S/C21H19N3O4S2/c1-16-19-11-5-6-12-20(19)24(30(27,28)18-9-3-2-4-10-18)21(16)29(25,26)23-15-17-8-7-13-22-14-17/h2-14,23H,15H2,1H3. The van der Waals surface area contributed by atoms with E-state index < -0.39 is 20.0 Å². The van der Waals surface area contributed by atoms with Crippen LogP contribution in [0.25, 0.3) is 10.9 Å². The first kappa shape index (κ1) is 20.3. The fourth-order valence-electron chi connectivity index (χ4n) is 3.34. The zero-order chi connectivity index (χ0) is 21.4. The fourth-order valence-corrected chi connectivity index (χ4v) is 6.74. The molecule has 1 N–H and O–H groups in total. The van der Waals surface area contributed by atoms with Crippen LogP contribution in [0, 0.1) is 6.92 Å². The maximum atomic E-state index is 13.5. The van der Waals surface area contributed by atoms with Gasteiger partial charge in [-0.15, -0.1) is 0 Å². The molecule has 0 aliphatic carbocycles. The van der Waals surface area contributed by atoms with E-state index in [0.717, 1.165) is 3.97 Å². The minimum atomic E-state index is -4.17. The number of fused-ring (bicyclic) bond motifs is 1. The zero-order valence-electron chi connectivity index (χ0n) is 16.1. The molecule has 2 heterocycles. The third kappa shape index (κ3) is 3.51. The Morgan fingerprint density at radius 3 is 2.30 bits per heavy atom. The van der Waals surface area contributed by atoms with Crippen molar-refractivity contribution in [1.82, 2.24) is 13.7 Å². The van der Waals surface area contributed by atoms with E-state index in [4.69, 9.17) is 0 Å². The number of benzene rings is 2. The third-order valence-electron chi connectivity index (χ3n) is 4.76. The molecular formula is C21H19N3O4S2. The predicted molar refractivity (Wildman–Crippen MR) is 114 cm³/mol. The van der Waals surface area contributed by atoms with Crippen LogP contribution in [0.5, 0.6) is 0 Å². The summed E-state index contributed by atoms with van der Waals surface area (Å²) in [6, 6.07) is 17.9. The molecule has 0 saturated heterocycles. The molecule has 0 unspecified atom stereocenters. The van der Waals surface area contributed by atoms with Crippen molar-refractivity contribution in [2.24, 2.45) is 0 Å². The third-order valence-corrected chi connectivity index (χ3v) is 8.12. The van der Waals surface area contributed by atoms with E-state index in [1.165, 1.54) is 12.1 Å². The molecule has 30 heavy (non-hydrogen) atoms. The van der Waals surface area contributed by atoms with Crippen molar-refractivity contribution in [3.05, 3.63) is 90.3 Å². The number of nitrogens with one attached hydrogen (secondary N) is 1. The number of pyridine rings is 1. The predicted octanol–water partition coefficient (Wildman–Crippen LogP) is 3.06. The summed E-state index contributed by atoms with van der Waals surface area (Å²) in [5.41, 5.74) is 1.33. The summed E-state index contributed by atoms with van der Waals surface area (Å²) in [6.07, 6.45) is 3.14. The van der Waals surface area contributed by atoms with Gasteiger partial charge in [-0.1, -0.05) is 42.5 Å². The van der Waals surface area contributed by atoms with Crippen LogP contribution in [0.3, 0.4) is 0 Å². The number of rotatable bonds is 6. The van der Waals surface area contributed by atoms with Gasteiger partial charge in [0.05, 0.1) is 10.4 Å². The minimum Gasteiger partial charge on any atom is -0.264 e. The maximum Gasteiger partial charge on any atom is 0.269 e. The fraction of sp³-hybridized carbons (Fsp3) is 0.0952. The highest BCUT2D eigenvalue weighted by atomic mass is 32.2. The second-order valence-electron chi connectivity index (χ2n) is 6.72. The van der Waals surface area contributed by atoms with E-state index in [0.29, 0.717) is 22.0 Å². The van der Waals surface area contributed by atoms with Gasteiger partial charge in [0.25, 0.3) is 20.0 Å². The van der Waals surface area contributed by atoms with Crippen molar-refractivity contribution < 1.29 is 16.8 Å². The maximum absolute atomic E-state index is 13.5. The second-order valence-corrected chi connectivity index (χ2v) is 10.2. The van der Waals surface area contributed by atoms with Gasteiger partial charge in [-0.3, -0.25) is 4.98 Å². The molecule has 9 heteroatoms. The summed E-state index contributed by atoms with van der Waals surface area (Å²) >= 11 is 0. The molecule has 2 aromatic carbocycles. The Morgan fingerprint density at radius 1 is 0.900 bits per heavy atom. The van der Waals surface area contributed by atoms with Crippen molar-refractivity contribution in [1.29, 1.82) is 0 Å². The molecule has 154 valence electrons. The molecule has 0 atom stereocenters. The Morgan fingerprint density at radius 2 is 1.60 bits per heavy atom. The number of para-hydroxylation sites is 1. The van der Waals surface area contributed by atoms with Crippen LogP contribution in [-0.2, 0) is 26.6 Å². The van der Waals surface area contributed by atoms with Gasteiger partial charge < -0.3 is 0 Å². The van der Waals surface area contributed by atoms with Crippen LogP contribution in [0.4, 0.5) is 0 Å². The topological polar surface area (TPSA) is 98.1 Å². The Balaban J connectivity index is 1.92. The largest absolute Gasteiger partial charge is 0.269 e. The van der Waals surface area contributed by atoms with Crippen molar-refractivity contribution >= 4 is 30.9 Å². The summed E-state index contributed by atoms with van der Waals surface area (Å²) in [5.74, 6) is 0. The molecule has 0 bridgehead atoms. The highest BCUT2D eigenvalue weighted by molar-refractivity contribution is 7.92. The number of aryl methyl sites for hydroxylation is 1. The molecule has 0 aliphatic heterocycles. The summed E-state index contributed by atoms with van der Waals surface area (Å²) in [5, 5.41) is 0.259. The van der Waals surface area contributed by atoms with Gasteiger partial charge in [0.15, 0.2) is 5.03 Å². The van der Waals surface area contributed by atoms with Gasteiger partial charge >= 0.3 is 0 Å². The molecule has 0 saturated carbocycles. The van der Waals surface area contributed by atoms with Gasteiger partial charge in [0.2, 0.25) is 0 Å². The van der Waals surface area contributed by atoms with Gasteiger partial charge in [-0.05, 0) is 42.3 Å². The summed E-state index contributed by atoms with van der Waals surface area (Å²) < 4.78 is 56.9. The van der Waals surface area contributed by atoms with Crippen LogP contribution in [0.15, 0.2) is 89.0 Å². The van der Waals surface area contributed by atoms with Gasteiger partial charge in [-0.2, -0.15) is 0 Å². The molecule has 0 fully saturated rings. The van der Waals surface area contributed by atoms with Crippen molar-refractivity contribution in [3.8, 4) is 0 Å². The highest BCUT2D eigenvalue weighted by Gasteiger charge is 2.32. The van der Waals surface area contributed by atoms with E-state index in [1.54, 1.807) is 73.9 Å². The molecule has 7 nitrogen and oxygen atoms in total. The van der Waals surface area contributed by atoms with Crippen molar-refractivity contribution in [2.45, 2.75) is 23.4 Å². The van der Waals surface area contributed by atoms with E-state index in [1.807, 2.05) is 0 Å². The number of nitrogens with zero attached hydrogens (tertiary/aromatic N) is 2. The van der Waals surface area contributed by atoms with Crippen LogP contribution >= 0.6 is 0 Å². The molecule has 2 aromatic heterocycles.